The van der Waals surface area contributed by atoms with Crippen molar-refractivity contribution in [2.24, 2.45) is 0 Å². The molecule has 4 aromatic rings. The van der Waals surface area contributed by atoms with Crippen LogP contribution in [0.4, 0.5) is 5.69 Å². The monoisotopic (exact) mass is 364 g/mol. The molecule has 0 fully saturated rings. The zero-order valence-electron chi connectivity index (χ0n) is 14.5. The number of furan rings is 1. The number of aromatic nitrogens is 1. The molecule has 0 atom stereocenters. The second kappa shape index (κ2) is 6.46. The van der Waals surface area contributed by atoms with Crippen molar-refractivity contribution in [3.05, 3.63) is 70.6 Å². The summed E-state index contributed by atoms with van der Waals surface area (Å²) in [6.45, 7) is 3.84. The second-order valence-corrected chi connectivity index (χ2v) is 6.82. The van der Waals surface area contributed by atoms with E-state index in [1.165, 1.54) is 0 Å². The summed E-state index contributed by atoms with van der Waals surface area (Å²) in [6.07, 6.45) is 1.83. The van der Waals surface area contributed by atoms with Crippen molar-refractivity contribution in [2.45, 2.75) is 20.3 Å². The van der Waals surface area contributed by atoms with Crippen LogP contribution in [0.1, 0.15) is 16.8 Å². The van der Waals surface area contributed by atoms with Crippen molar-refractivity contribution in [1.29, 1.82) is 0 Å². The predicted molar refractivity (Wildman–Crippen MR) is 105 cm³/mol. The fourth-order valence-corrected chi connectivity index (χ4v) is 3.28. The molecule has 0 radical (unpaired) electrons. The number of fused-ring (bicyclic) bond motifs is 2. The minimum atomic E-state index is -0.111. The van der Waals surface area contributed by atoms with Crippen molar-refractivity contribution >= 4 is 45.1 Å². The number of carbonyl (C=O) groups excluding carboxylic acids is 1. The van der Waals surface area contributed by atoms with E-state index in [1.54, 1.807) is 6.26 Å². The first-order valence-electron chi connectivity index (χ1n) is 8.34. The number of nitrogens with one attached hydrogen (secondary N) is 1. The maximum Gasteiger partial charge on any atom is 0.228 e. The van der Waals surface area contributed by atoms with Crippen LogP contribution in [0.2, 0.25) is 5.02 Å². The Labute approximate surface area is 155 Å². The number of para-hydroxylation sites is 1. The summed E-state index contributed by atoms with van der Waals surface area (Å²) in [5, 5.41) is 5.45. The lowest BCUT2D eigenvalue weighted by Gasteiger charge is -2.09. The zero-order chi connectivity index (χ0) is 18.3. The van der Waals surface area contributed by atoms with Gasteiger partial charge in [0.1, 0.15) is 5.58 Å². The van der Waals surface area contributed by atoms with E-state index >= 15 is 0 Å². The summed E-state index contributed by atoms with van der Waals surface area (Å²) in [5.41, 5.74) is 4.98. The Morgan fingerprint density at radius 3 is 2.81 bits per heavy atom. The molecule has 0 aliphatic rings. The number of aryl methyl sites for hydroxylation is 2. The highest BCUT2D eigenvalue weighted by molar-refractivity contribution is 6.32. The van der Waals surface area contributed by atoms with E-state index < -0.39 is 0 Å². The Kier molecular flexibility index (Phi) is 4.13. The fraction of sp³-hybridized carbons (Fsp3) is 0.143. The average Bonchev–Trinajstić information content (AvgIpc) is 2.97. The van der Waals surface area contributed by atoms with E-state index in [9.17, 15) is 4.79 Å². The first kappa shape index (κ1) is 16.6. The molecule has 0 aliphatic carbocycles. The zero-order valence-corrected chi connectivity index (χ0v) is 15.2. The average molecular weight is 365 g/mol. The van der Waals surface area contributed by atoms with E-state index in [4.69, 9.17) is 16.0 Å². The Balaban J connectivity index is 1.63. The van der Waals surface area contributed by atoms with Crippen LogP contribution in [0, 0.1) is 13.8 Å². The van der Waals surface area contributed by atoms with Gasteiger partial charge < -0.3 is 9.73 Å². The van der Waals surface area contributed by atoms with Crippen LogP contribution in [0.3, 0.4) is 0 Å². The highest BCUT2D eigenvalue weighted by atomic mass is 35.5. The van der Waals surface area contributed by atoms with Crippen molar-refractivity contribution in [3.63, 3.8) is 0 Å². The van der Waals surface area contributed by atoms with Gasteiger partial charge in [0, 0.05) is 27.1 Å². The number of hydrogen-bond donors (Lipinski definition) is 1. The third-order valence-corrected chi connectivity index (χ3v) is 4.81. The van der Waals surface area contributed by atoms with Gasteiger partial charge in [0.25, 0.3) is 0 Å². The van der Waals surface area contributed by atoms with E-state index in [0.717, 1.165) is 44.4 Å². The van der Waals surface area contributed by atoms with Gasteiger partial charge >= 0.3 is 0 Å². The molecule has 0 unspecified atom stereocenters. The van der Waals surface area contributed by atoms with Crippen molar-refractivity contribution < 1.29 is 9.21 Å². The Hall–Kier alpha value is -2.85. The summed E-state index contributed by atoms with van der Waals surface area (Å²) >= 11 is 6.22. The molecule has 130 valence electrons. The summed E-state index contributed by atoms with van der Waals surface area (Å²) in [7, 11) is 0. The van der Waals surface area contributed by atoms with Gasteiger partial charge in [0.05, 0.1) is 23.9 Å². The van der Waals surface area contributed by atoms with Gasteiger partial charge in [-0.05, 0) is 43.7 Å². The van der Waals surface area contributed by atoms with Crippen LogP contribution in [0.25, 0.3) is 21.9 Å². The number of hydrogen-bond acceptors (Lipinski definition) is 3. The molecule has 2 aromatic heterocycles. The molecule has 26 heavy (non-hydrogen) atoms. The van der Waals surface area contributed by atoms with Crippen LogP contribution in [0.15, 0.2) is 53.1 Å². The number of carbonyl (C=O) groups is 1. The number of pyridine rings is 1. The molecular weight excluding hydrogens is 348 g/mol. The molecule has 4 rings (SSSR count). The van der Waals surface area contributed by atoms with Gasteiger partial charge in [0.15, 0.2) is 0 Å². The smallest absolute Gasteiger partial charge is 0.228 e. The van der Waals surface area contributed by atoms with Gasteiger partial charge in [-0.1, -0.05) is 29.8 Å². The second-order valence-electron chi connectivity index (χ2n) is 6.41. The minimum Gasteiger partial charge on any atom is -0.464 e. The van der Waals surface area contributed by atoms with Crippen molar-refractivity contribution in [1.82, 2.24) is 4.98 Å². The molecule has 0 spiro atoms. The highest BCUT2D eigenvalue weighted by Gasteiger charge is 2.14. The molecule has 4 nitrogen and oxygen atoms in total. The first-order chi connectivity index (χ1) is 12.5. The van der Waals surface area contributed by atoms with Crippen LogP contribution in [0.5, 0.6) is 0 Å². The third kappa shape index (κ3) is 3.04. The predicted octanol–water partition coefficient (Wildman–Crippen LogP) is 5.43. The summed E-state index contributed by atoms with van der Waals surface area (Å²) < 4.78 is 5.58. The van der Waals surface area contributed by atoms with Crippen LogP contribution in [-0.4, -0.2) is 10.9 Å². The Bertz CT molecular complexity index is 1150. The van der Waals surface area contributed by atoms with Crippen LogP contribution >= 0.6 is 11.6 Å². The quantitative estimate of drug-likeness (QED) is 0.527. The Morgan fingerprint density at radius 1 is 1.15 bits per heavy atom. The molecule has 2 heterocycles. The maximum absolute atomic E-state index is 12.6. The van der Waals surface area contributed by atoms with Gasteiger partial charge in [-0.3, -0.25) is 9.78 Å². The number of halogens is 1. The van der Waals surface area contributed by atoms with E-state index in [-0.39, 0.29) is 12.3 Å². The molecular formula is C21H17ClN2O2. The molecule has 0 bridgehead atoms. The number of benzene rings is 2. The van der Waals surface area contributed by atoms with E-state index in [1.807, 2.05) is 56.3 Å². The summed E-state index contributed by atoms with van der Waals surface area (Å²) in [5.74, 6) is -0.111. The highest BCUT2D eigenvalue weighted by Crippen LogP contribution is 2.28. The number of nitrogens with zero attached hydrogens (tertiary/aromatic N) is 1. The van der Waals surface area contributed by atoms with Gasteiger partial charge in [-0.2, -0.15) is 0 Å². The fourth-order valence-electron chi connectivity index (χ4n) is 3.12. The number of rotatable bonds is 3. The minimum absolute atomic E-state index is 0.111. The van der Waals surface area contributed by atoms with E-state index in [2.05, 4.69) is 10.3 Å². The lowest BCUT2D eigenvalue weighted by atomic mass is 10.1. The number of amides is 1. The van der Waals surface area contributed by atoms with Gasteiger partial charge in [-0.25, -0.2) is 0 Å². The SMILES string of the molecule is Cc1cc(NC(=O)Cc2coc3cc(C)c(Cl)cc23)c2ccccc2n1. The molecule has 5 heteroatoms. The molecule has 2 aromatic carbocycles. The Morgan fingerprint density at radius 2 is 1.96 bits per heavy atom. The van der Waals surface area contributed by atoms with Crippen LogP contribution in [-0.2, 0) is 11.2 Å². The largest absolute Gasteiger partial charge is 0.464 e. The number of anilines is 1. The lowest BCUT2D eigenvalue weighted by Crippen LogP contribution is -2.14. The molecule has 1 N–H and O–H groups in total. The van der Waals surface area contributed by atoms with Crippen molar-refractivity contribution in [3.8, 4) is 0 Å². The molecule has 0 saturated heterocycles. The standard InChI is InChI=1S/C21H17ClN2O2/c1-12-7-20-16(10-17(12)22)14(11-26-20)9-21(25)24-19-8-13(2)23-18-6-4-3-5-15(18)19/h3-8,10-11H,9H2,1-2H3,(H,23,24,25). The summed E-state index contributed by atoms with van der Waals surface area (Å²) in [6, 6.07) is 13.4. The van der Waals surface area contributed by atoms with Gasteiger partial charge in [0.2, 0.25) is 5.91 Å². The topological polar surface area (TPSA) is 55.1 Å². The summed E-state index contributed by atoms with van der Waals surface area (Å²) in [4.78, 5) is 17.1. The lowest BCUT2D eigenvalue weighted by molar-refractivity contribution is -0.115. The van der Waals surface area contributed by atoms with Gasteiger partial charge in [-0.15, -0.1) is 0 Å². The maximum atomic E-state index is 12.6. The molecule has 1 amide bonds. The van der Waals surface area contributed by atoms with Crippen LogP contribution < -0.4 is 5.32 Å². The normalized spacial score (nSPS) is 11.2. The third-order valence-electron chi connectivity index (χ3n) is 4.40. The molecule has 0 saturated carbocycles. The molecule has 0 aliphatic heterocycles. The first-order valence-corrected chi connectivity index (χ1v) is 8.71. The van der Waals surface area contributed by atoms with Crippen molar-refractivity contribution in [2.75, 3.05) is 5.32 Å². The van der Waals surface area contributed by atoms with E-state index in [0.29, 0.717) is 5.02 Å².